The third kappa shape index (κ3) is 3.47. The largest absolute Gasteiger partial charge is 0.353 e. The van der Waals surface area contributed by atoms with Crippen molar-refractivity contribution in [1.82, 2.24) is 19.8 Å². The topological polar surface area (TPSA) is 52.2 Å². The van der Waals surface area contributed by atoms with Crippen LogP contribution in [-0.2, 0) is 0 Å². The molecule has 6 heteroatoms. The smallest absolute Gasteiger partial charge is 0.273 e. The first-order valence-electron chi connectivity index (χ1n) is 10.3. The number of nitrogens with zero attached hydrogens (tertiary/aromatic N) is 3. The number of fused-ring (bicyclic) bond motifs is 1. The number of para-hydroxylation sites is 1. The van der Waals surface area contributed by atoms with Crippen LogP contribution in [0.5, 0.6) is 0 Å². The molecule has 1 N–H and O–H groups in total. The summed E-state index contributed by atoms with van der Waals surface area (Å²) in [7, 11) is 0. The van der Waals surface area contributed by atoms with Crippen LogP contribution in [0.4, 0.5) is 0 Å². The van der Waals surface area contributed by atoms with Crippen LogP contribution < -0.4 is 0 Å². The Morgan fingerprint density at radius 3 is 2.64 bits per heavy atom. The minimum atomic E-state index is 0.0712. The summed E-state index contributed by atoms with van der Waals surface area (Å²) in [6.45, 7) is 3.62. The predicted molar refractivity (Wildman–Crippen MR) is 114 cm³/mol. The maximum atomic E-state index is 12.9. The first-order valence-corrected chi connectivity index (χ1v) is 11.2. The molecule has 1 saturated carbocycles. The van der Waals surface area contributed by atoms with Crippen LogP contribution in [0, 0.1) is 0 Å². The van der Waals surface area contributed by atoms with Crippen molar-refractivity contribution in [3.05, 3.63) is 41.4 Å². The first-order chi connectivity index (χ1) is 13.8. The normalized spacial score (nSPS) is 19.4. The molecule has 3 heterocycles. The van der Waals surface area contributed by atoms with Gasteiger partial charge in [0.25, 0.3) is 5.91 Å². The summed E-state index contributed by atoms with van der Waals surface area (Å²) in [6.07, 6.45) is 6.76. The van der Waals surface area contributed by atoms with Crippen LogP contribution in [0.2, 0.25) is 0 Å². The van der Waals surface area contributed by atoms with Crippen LogP contribution in [0.25, 0.3) is 21.6 Å². The summed E-state index contributed by atoms with van der Waals surface area (Å²) in [5, 5.41) is 3.94. The minimum absolute atomic E-state index is 0.0712. The molecule has 0 unspecified atom stereocenters. The van der Waals surface area contributed by atoms with Crippen LogP contribution in [0.15, 0.2) is 35.7 Å². The molecular weight excluding hydrogens is 368 g/mol. The Hall–Kier alpha value is -2.18. The molecule has 1 aliphatic carbocycles. The predicted octanol–water partition coefficient (Wildman–Crippen LogP) is 4.38. The maximum Gasteiger partial charge on any atom is 0.273 e. The molecule has 1 amide bonds. The fourth-order valence-electron chi connectivity index (χ4n) is 4.58. The standard InChI is InChI=1S/C22H26N4OS/c27-22(26-12-10-25(11-13-26)17-7-2-1-3-8-17)20-15-28-21(24-20)19-14-16-6-4-5-9-18(16)23-19/h4-6,9,14-15,17,23H,1-3,7-8,10-13H2. The number of piperazine rings is 1. The number of carbonyl (C=O) groups is 1. The van der Waals surface area contributed by atoms with E-state index in [1.165, 1.54) is 48.8 Å². The number of aromatic nitrogens is 2. The molecule has 146 valence electrons. The van der Waals surface area contributed by atoms with Crippen molar-refractivity contribution < 1.29 is 4.79 Å². The van der Waals surface area contributed by atoms with Gasteiger partial charge < -0.3 is 9.88 Å². The SMILES string of the molecule is O=C(c1csc(-c2cc3ccccc3[nH]2)n1)N1CCN(C2CCCCC2)CC1. The molecule has 2 aliphatic rings. The van der Waals surface area contributed by atoms with Gasteiger partial charge in [0.05, 0.1) is 5.69 Å². The van der Waals surface area contributed by atoms with E-state index in [0.717, 1.165) is 48.4 Å². The quantitative estimate of drug-likeness (QED) is 0.717. The lowest BCUT2D eigenvalue weighted by atomic mass is 9.94. The lowest BCUT2D eigenvalue weighted by Crippen LogP contribution is -2.52. The van der Waals surface area contributed by atoms with Gasteiger partial charge in [0.1, 0.15) is 10.7 Å². The number of hydrogen-bond donors (Lipinski definition) is 1. The second-order valence-corrected chi connectivity index (χ2v) is 8.79. The Bertz CT molecular complexity index is 931. The summed E-state index contributed by atoms with van der Waals surface area (Å²) in [5.41, 5.74) is 2.65. The van der Waals surface area contributed by atoms with Gasteiger partial charge in [-0.25, -0.2) is 4.98 Å². The molecule has 1 saturated heterocycles. The Morgan fingerprint density at radius 1 is 1.07 bits per heavy atom. The number of carbonyl (C=O) groups excluding carboxylic acids is 1. The van der Waals surface area contributed by atoms with Crippen LogP contribution >= 0.6 is 11.3 Å². The number of benzene rings is 1. The summed E-state index contributed by atoms with van der Waals surface area (Å²) in [6, 6.07) is 11.0. The zero-order valence-electron chi connectivity index (χ0n) is 16.1. The van der Waals surface area contributed by atoms with Crippen LogP contribution in [0.1, 0.15) is 42.6 Å². The van der Waals surface area contributed by atoms with E-state index >= 15 is 0 Å². The van der Waals surface area contributed by atoms with Gasteiger partial charge in [-0.05, 0) is 25.0 Å². The molecule has 5 nitrogen and oxygen atoms in total. The molecular formula is C22H26N4OS. The first kappa shape index (κ1) is 17.9. The molecule has 28 heavy (non-hydrogen) atoms. The van der Waals surface area contributed by atoms with Gasteiger partial charge >= 0.3 is 0 Å². The molecule has 5 rings (SSSR count). The van der Waals surface area contributed by atoms with Gasteiger partial charge in [-0.15, -0.1) is 11.3 Å². The molecule has 1 aromatic carbocycles. The lowest BCUT2D eigenvalue weighted by Gasteiger charge is -2.40. The van der Waals surface area contributed by atoms with Crippen LogP contribution in [0.3, 0.4) is 0 Å². The number of H-pyrrole nitrogens is 1. The van der Waals surface area contributed by atoms with E-state index in [2.05, 4.69) is 33.1 Å². The monoisotopic (exact) mass is 394 g/mol. The number of hydrogen-bond acceptors (Lipinski definition) is 4. The van der Waals surface area contributed by atoms with E-state index in [1.54, 1.807) is 0 Å². The summed E-state index contributed by atoms with van der Waals surface area (Å²) >= 11 is 1.53. The fourth-order valence-corrected chi connectivity index (χ4v) is 5.35. The number of rotatable bonds is 3. The number of aromatic amines is 1. The van der Waals surface area contributed by atoms with Crippen molar-refractivity contribution in [3.63, 3.8) is 0 Å². The third-order valence-electron chi connectivity index (χ3n) is 6.18. The van der Waals surface area contributed by atoms with Gasteiger partial charge in [-0.2, -0.15) is 0 Å². The van der Waals surface area contributed by atoms with Gasteiger partial charge in [0.2, 0.25) is 0 Å². The van der Waals surface area contributed by atoms with Gasteiger partial charge in [-0.3, -0.25) is 9.69 Å². The Morgan fingerprint density at radius 2 is 1.86 bits per heavy atom. The average Bonchev–Trinajstić information content (AvgIpc) is 3.41. The number of thiazole rings is 1. The molecule has 2 aromatic heterocycles. The molecule has 0 spiro atoms. The fraction of sp³-hybridized carbons (Fsp3) is 0.455. The summed E-state index contributed by atoms with van der Waals surface area (Å²) in [5.74, 6) is 0.0712. The van der Waals surface area contributed by atoms with Gasteiger partial charge in [-0.1, -0.05) is 37.5 Å². The van der Waals surface area contributed by atoms with E-state index in [-0.39, 0.29) is 5.91 Å². The second kappa shape index (κ2) is 7.68. The van der Waals surface area contributed by atoms with E-state index in [0.29, 0.717) is 5.69 Å². The van der Waals surface area contributed by atoms with Gasteiger partial charge in [0.15, 0.2) is 0 Å². The minimum Gasteiger partial charge on any atom is -0.353 e. The van der Waals surface area contributed by atoms with E-state index in [1.807, 2.05) is 22.4 Å². The van der Waals surface area contributed by atoms with Crippen molar-refractivity contribution in [2.45, 2.75) is 38.1 Å². The highest BCUT2D eigenvalue weighted by Crippen LogP contribution is 2.28. The second-order valence-electron chi connectivity index (χ2n) is 7.93. The zero-order valence-corrected chi connectivity index (χ0v) is 16.9. The highest BCUT2D eigenvalue weighted by molar-refractivity contribution is 7.13. The molecule has 0 atom stereocenters. The van der Waals surface area contributed by atoms with E-state index in [4.69, 9.17) is 0 Å². The summed E-state index contributed by atoms with van der Waals surface area (Å²) in [4.78, 5) is 25.6. The van der Waals surface area contributed by atoms with Crippen molar-refractivity contribution in [2.75, 3.05) is 26.2 Å². The maximum absolute atomic E-state index is 12.9. The van der Waals surface area contributed by atoms with Crippen molar-refractivity contribution >= 4 is 28.1 Å². The molecule has 0 bridgehead atoms. The Labute approximate surface area is 169 Å². The molecule has 1 aliphatic heterocycles. The Balaban J connectivity index is 1.25. The van der Waals surface area contributed by atoms with Crippen molar-refractivity contribution in [1.29, 1.82) is 0 Å². The van der Waals surface area contributed by atoms with Crippen molar-refractivity contribution in [2.24, 2.45) is 0 Å². The van der Waals surface area contributed by atoms with E-state index < -0.39 is 0 Å². The summed E-state index contributed by atoms with van der Waals surface area (Å²) < 4.78 is 0. The average molecular weight is 395 g/mol. The molecule has 2 fully saturated rings. The number of amides is 1. The zero-order chi connectivity index (χ0) is 18.9. The molecule has 3 aromatic rings. The van der Waals surface area contributed by atoms with E-state index in [9.17, 15) is 4.79 Å². The third-order valence-corrected chi connectivity index (χ3v) is 7.05. The van der Waals surface area contributed by atoms with Crippen molar-refractivity contribution in [3.8, 4) is 10.7 Å². The van der Waals surface area contributed by atoms with Crippen LogP contribution in [-0.4, -0.2) is 57.9 Å². The Kier molecular flexibility index (Phi) is 4.91. The highest BCUT2D eigenvalue weighted by atomic mass is 32.1. The molecule has 0 radical (unpaired) electrons. The number of nitrogens with one attached hydrogen (secondary N) is 1. The lowest BCUT2D eigenvalue weighted by molar-refractivity contribution is 0.0519. The van der Waals surface area contributed by atoms with Gasteiger partial charge in [0, 0.05) is 48.5 Å². The highest BCUT2D eigenvalue weighted by Gasteiger charge is 2.28.